The zero-order valence-electron chi connectivity index (χ0n) is 14.2. The van der Waals surface area contributed by atoms with Gasteiger partial charge in [0.1, 0.15) is 0 Å². The number of nitrogens with one attached hydrogen (secondary N) is 1. The molecule has 0 aromatic heterocycles. The van der Waals surface area contributed by atoms with Gasteiger partial charge in [0.25, 0.3) is 0 Å². The second-order valence-electron chi connectivity index (χ2n) is 6.77. The summed E-state index contributed by atoms with van der Waals surface area (Å²) in [4.78, 5) is 17.3. The maximum atomic E-state index is 13.0. The molecule has 1 atom stereocenters. The molecular formula is C20H23N3O. The van der Waals surface area contributed by atoms with E-state index in [1.165, 1.54) is 17.7 Å². The lowest BCUT2D eigenvalue weighted by molar-refractivity contribution is 0.256. The van der Waals surface area contributed by atoms with E-state index in [9.17, 15) is 4.79 Å². The molecule has 2 aliphatic rings. The quantitative estimate of drug-likeness (QED) is 0.849. The number of carbonyl (C=O) groups is 1. The maximum Gasteiger partial charge on any atom is 0.326 e. The number of benzene rings is 2. The van der Waals surface area contributed by atoms with E-state index < -0.39 is 0 Å². The van der Waals surface area contributed by atoms with Crippen LogP contribution in [0.1, 0.15) is 24.0 Å². The van der Waals surface area contributed by atoms with Crippen LogP contribution in [-0.4, -0.2) is 25.2 Å². The van der Waals surface area contributed by atoms with Crippen molar-refractivity contribution in [2.45, 2.75) is 32.7 Å². The van der Waals surface area contributed by atoms with Gasteiger partial charge in [0.15, 0.2) is 0 Å². The van der Waals surface area contributed by atoms with Crippen molar-refractivity contribution >= 4 is 23.1 Å². The number of nitrogens with zero attached hydrogens (tertiary/aromatic N) is 2. The summed E-state index contributed by atoms with van der Waals surface area (Å²) in [7, 11) is 0. The van der Waals surface area contributed by atoms with Gasteiger partial charge in [-0.1, -0.05) is 24.3 Å². The summed E-state index contributed by atoms with van der Waals surface area (Å²) < 4.78 is 0. The molecule has 1 N–H and O–H groups in total. The molecule has 24 heavy (non-hydrogen) atoms. The Bertz CT molecular complexity index is 786. The molecule has 0 radical (unpaired) electrons. The number of fused-ring (bicyclic) bond motifs is 3. The first-order chi connectivity index (χ1) is 11.6. The molecule has 4 nitrogen and oxygen atoms in total. The fraction of sp³-hybridized carbons (Fsp3) is 0.350. The highest BCUT2D eigenvalue weighted by Gasteiger charge is 2.36. The lowest BCUT2D eigenvalue weighted by Gasteiger charge is -2.40. The molecule has 0 aliphatic carbocycles. The third-order valence-corrected chi connectivity index (χ3v) is 5.34. The van der Waals surface area contributed by atoms with Gasteiger partial charge in [0, 0.05) is 24.8 Å². The van der Waals surface area contributed by atoms with E-state index in [-0.39, 0.29) is 6.03 Å². The second kappa shape index (κ2) is 5.86. The van der Waals surface area contributed by atoms with E-state index >= 15 is 0 Å². The van der Waals surface area contributed by atoms with Gasteiger partial charge in [-0.3, -0.25) is 4.90 Å². The predicted octanol–water partition coefficient (Wildman–Crippen LogP) is 4.32. The van der Waals surface area contributed by atoms with E-state index in [4.69, 9.17) is 0 Å². The Labute approximate surface area is 143 Å². The van der Waals surface area contributed by atoms with E-state index in [0.29, 0.717) is 6.04 Å². The molecule has 2 aromatic carbocycles. The van der Waals surface area contributed by atoms with Gasteiger partial charge >= 0.3 is 6.03 Å². The summed E-state index contributed by atoms with van der Waals surface area (Å²) in [6.45, 7) is 5.97. The van der Waals surface area contributed by atoms with Crippen LogP contribution in [0.15, 0.2) is 42.5 Å². The minimum Gasteiger partial charge on any atom is -0.365 e. The average Bonchev–Trinajstić information content (AvgIpc) is 3.07. The molecule has 4 rings (SSSR count). The highest BCUT2D eigenvalue weighted by atomic mass is 16.2. The predicted molar refractivity (Wildman–Crippen MR) is 99.1 cm³/mol. The molecule has 1 fully saturated rings. The Morgan fingerprint density at radius 3 is 2.71 bits per heavy atom. The van der Waals surface area contributed by atoms with Crippen LogP contribution in [-0.2, 0) is 0 Å². The maximum absolute atomic E-state index is 13.0. The fourth-order valence-electron chi connectivity index (χ4n) is 3.85. The van der Waals surface area contributed by atoms with Gasteiger partial charge in [-0.25, -0.2) is 4.79 Å². The number of aryl methyl sites for hydroxylation is 1. The van der Waals surface area contributed by atoms with Crippen molar-refractivity contribution in [1.29, 1.82) is 0 Å². The van der Waals surface area contributed by atoms with Gasteiger partial charge in [0.2, 0.25) is 0 Å². The van der Waals surface area contributed by atoms with Gasteiger partial charge in [-0.05, 0) is 56.0 Å². The van der Waals surface area contributed by atoms with Crippen molar-refractivity contribution < 1.29 is 4.79 Å². The van der Waals surface area contributed by atoms with Crippen LogP contribution in [0, 0.1) is 13.8 Å². The van der Waals surface area contributed by atoms with Crippen molar-refractivity contribution in [1.82, 2.24) is 0 Å². The normalized spacial score (nSPS) is 19.0. The van der Waals surface area contributed by atoms with Crippen LogP contribution in [0.3, 0.4) is 0 Å². The zero-order valence-corrected chi connectivity index (χ0v) is 14.2. The molecule has 2 aliphatic heterocycles. The van der Waals surface area contributed by atoms with Crippen LogP contribution in [0.5, 0.6) is 0 Å². The van der Waals surface area contributed by atoms with Crippen LogP contribution in [0.25, 0.3) is 0 Å². The summed E-state index contributed by atoms with van der Waals surface area (Å²) in [6, 6.07) is 14.7. The van der Waals surface area contributed by atoms with Crippen molar-refractivity contribution in [2.75, 3.05) is 28.2 Å². The summed E-state index contributed by atoms with van der Waals surface area (Å²) in [5, 5.41) is 3.11. The molecule has 2 aromatic rings. The van der Waals surface area contributed by atoms with E-state index in [0.717, 1.165) is 36.4 Å². The van der Waals surface area contributed by atoms with E-state index in [1.807, 2.05) is 36.1 Å². The molecule has 0 spiro atoms. The third-order valence-electron chi connectivity index (χ3n) is 5.34. The number of urea groups is 1. The molecule has 124 valence electrons. The number of hydrogen-bond donors (Lipinski definition) is 1. The smallest absolute Gasteiger partial charge is 0.326 e. The summed E-state index contributed by atoms with van der Waals surface area (Å²) >= 11 is 0. The number of amides is 2. The highest BCUT2D eigenvalue weighted by molar-refractivity contribution is 6.05. The first kappa shape index (κ1) is 15.1. The largest absolute Gasteiger partial charge is 0.365 e. The lowest BCUT2D eigenvalue weighted by atomic mass is 10.1. The number of para-hydroxylation sites is 2. The fourth-order valence-corrected chi connectivity index (χ4v) is 3.85. The van der Waals surface area contributed by atoms with Crippen molar-refractivity contribution in [3.63, 3.8) is 0 Å². The van der Waals surface area contributed by atoms with E-state index in [2.05, 4.69) is 35.3 Å². The Morgan fingerprint density at radius 1 is 1.08 bits per heavy atom. The molecule has 2 amide bonds. The first-order valence-corrected chi connectivity index (χ1v) is 8.65. The van der Waals surface area contributed by atoms with Gasteiger partial charge in [0.05, 0.1) is 11.4 Å². The Morgan fingerprint density at radius 2 is 1.88 bits per heavy atom. The van der Waals surface area contributed by atoms with Crippen LogP contribution in [0.2, 0.25) is 0 Å². The monoisotopic (exact) mass is 321 g/mol. The zero-order chi connectivity index (χ0) is 16.7. The van der Waals surface area contributed by atoms with E-state index in [1.54, 1.807) is 0 Å². The topological polar surface area (TPSA) is 35.6 Å². The minimum atomic E-state index is -0.0392. The van der Waals surface area contributed by atoms with Gasteiger partial charge in [-0.15, -0.1) is 0 Å². The summed E-state index contributed by atoms with van der Waals surface area (Å²) in [5.41, 5.74) is 5.40. The molecule has 0 bridgehead atoms. The van der Waals surface area contributed by atoms with Crippen molar-refractivity contribution in [3.8, 4) is 0 Å². The number of carbonyl (C=O) groups excluding carboxylic acids is 1. The van der Waals surface area contributed by atoms with Crippen LogP contribution < -0.4 is 15.1 Å². The number of rotatable bonds is 1. The standard InChI is InChI=1S/C20H23N3O/c1-14-7-5-9-17(15(14)2)21-20(24)23-13-16-8-6-12-22(16)18-10-3-4-11-19(18)23/h3-5,7,9-11,16H,6,8,12-13H2,1-2H3,(H,21,24)/t16-/m0/s1. The molecule has 4 heteroatoms. The van der Waals surface area contributed by atoms with Crippen molar-refractivity contribution in [2.24, 2.45) is 0 Å². The lowest BCUT2D eigenvalue weighted by Crippen LogP contribution is -2.49. The summed E-state index contributed by atoms with van der Waals surface area (Å²) in [5.74, 6) is 0. The molecule has 0 saturated carbocycles. The first-order valence-electron chi connectivity index (χ1n) is 8.65. The summed E-state index contributed by atoms with van der Waals surface area (Å²) in [6.07, 6.45) is 2.35. The molecular weight excluding hydrogens is 298 g/mol. The third kappa shape index (κ3) is 2.42. The highest BCUT2D eigenvalue weighted by Crippen LogP contribution is 2.39. The molecule has 0 unspecified atom stereocenters. The van der Waals surface area contributed by atoms with Gasteiger partial charge < -0.3 is 10.2 Å². The minimum absolute atomic E-state index is 0.0392. The Hall–Kier alpha value is -2.49. The SMILES string of the molecule is Cc1cccc(NC(=O)N2C[C@@H]3CCCN3c3ccccc32)c1C. The second-order valence-corrected chi connectivity index (χ2v) is 6.77. The van der Waals surface area contributed by atoms with Crippen LogP contribution >= 0.6 is 0 Å². The number of hydrogen-bond acceptors (Lipinski definition) is 2. The van der Waals surface area contributed by atoms with Crippen molar-refractivity contribution in [3.05, 3.63) is 53.6 Å². The molecule has 1 saturated heterocycles. The number of anilines is 3. The van der Waals surface area contributed by atoms with Gasteiger partial charge in [-0.2, -0.15) is 0 Å². The average molecular weight is 321 g/mol. The van der Waals surface area contributed by atoms with Crippen LogP contribution in [0.4, 0.5) is 21.9 Å². The Balaban J connectivity index is 1.65. The Kier molecular flexibility index (Phi) is 3.68. The molecule has 2 heterocycles.